The molecule has 0 aromatic heterocycles. The van der Waals surface area contributed by atoms with Crippen molar-refractivity contribution in [2.75, 3.05) is 0 Å². The quantitative estimate of drug-likeness (QED) is 0.608. The zero-order valence-electron chi connectivity index (χ0n) is 7.33. The van der Waals surface area contributed by atoms with E-state index >= 15 is 0 Å². The second-order valence-corrected chi connectivity index (χ2v) is 3.46. The first-order chi connectivity index (χ1) is 5.95. The van der Waals surface area contributed by atoms with Crippen LogP contribution in [0.15, 0.2) is 24.0 Å². The van der Waals surface area contributed by atoms with Gasteiger partial charge in [0.05, 0.1) is 6.10 Å². The van der Waals surface area contributed by atoms with E-state index in [0.717, 1.165) is 12.2 Å². The van der Waals surface area contributed by atoms with E-state index in [9.17, 15) is 0 Å². The van der Waals surface area contributed by atoms with Crippen LogP contribution in [0.2, 0.25) is 0 Å². The minimum absolute atomic E-state index is 0.499. The summed E-state index contributed by atoms with van der Waals surface area (Å²) in [5.74, 6) is 1.07. The van der Waals surface area contributed by atoms with Crippen molar-refractivity contribution < 1.29 is 4.74 Å². The van der Waals surface area contributed by atoms with E-state index in [1.54, 1.807) is 0 Å². The van der Waals surface area contributed by atoms with Crippen LogP contribution in [0, 0.1) is 6.42 Å². The topological polar surface area (TPSA) is 9.23 Å². The van der Waals surface area contributed by atoms with Gasteiger partial charge >= 0.3 is 0 Å². The minimum Gasteiger partial charge on any atom is -0.494 e. The summed E-state index contributed by atoms with van der Waals surface area (Å²) < 4.78 is 5.81. The van der Waals surface area contributed by atoms with Gasteiger partial charge in [-0.3, -0.25) is 0 Å². The van der Waals surface area contributed by atoms with Crippen LogP contribution < -0.4 is 0 Å². The van der Waals surface area contributed by atoms with E-state index in [1.165, 1.54) is 25.7 Å². The highest BCUT2D eigenvalue weighted by Gasteiger charge is 2.17. The molecule has 0 heterocycles. The molecule has 0 N–H and O–H groups in total. The van der Waals surface area contributed by atoms with Gasteiger partial charge in [0.15, 0.2) is 0 Å². The second-order valence-electron chi connectivity index (χ2n) is 3.46. The van der Waals surface area contributed by atoms with Crippen LogP contribution in [0.1, 0.15) is 32.1 Å². The zero-order valence-corrected chi connectivity index (χ0v) is 7.33. The summed E-state index contributed by atoms with van der Waals surface area (Å²) in [6.07, 6.45) is 15.1. The Morgan fingerprint density at radius 3 is 2.75 bits per heavy atom. The lowest BCUT2D eigenvalue weighted by Gasteiger charge is -2.16. The Kier molecular flexibility index (Phi) is 2.50. The van der Waals surface area contributed by atoms with Crippen LogP contribution in [0.4, 0.5) is 0 Å². The minimum atomic E-state index is 0.499. The third-order valence-corrected chi connectivity index (χ3v) is 2.46. The lowest BCUT2D eigenvalue weighted by molar-refractivity contribution is 0.126. The second kappa shape index (κ2) is 3.79. The molecule has 65 valence electrons. The van der Waals surface area contributed by atoms with Crippen molar-refractivity contribution in [1.82, 2.24) is 0 Å². The van der Waals surface area contributed by atoms with Gasteiger partial charge in [-0.1, -0.05) is 12.2 Å². The van der Waals surface area contributed by atoms with Crippen LogP contribution in [-0.4, -0.2) is 6.10 Å². The van der Waals surface area contributed by atoms with Crippen molar-refractivity contribution in [2.24, 2.45) is 0 Å². The summed E-state index contributed by atoms with van der Waals surface area (Å²) in [6, 6.07) is 0. The Hall–Kier alpha value is -0.720. The number of rotatable bonds is 2. The average Bonchev–Trinajstić information content (AvgIpc) is 2.59. The normalized spacial score (nSPS) is 24.2. The molecular formula is C11H15O. The highest BCUT2D eigenvalue weighted by atomic mass is 16.5. The van der Waals surface area contributed by atoms with Crippen molar-refractivity contribution in [3.05, 3.63) is 30.4 Å². The van der Waals surface area contributed by atoms with Crippen LogP contribution in [0.3, 0.4) is 0 Å². The predicted octanol–water partition coefficient (Wildman–Crippen LogP) is 2.99. The maximum absolute atomic E-state index is 5.81. The molecule has 0 amide bonds. The molecule has 1 fully saturated rings. The molecule has 0 bridgehead atoms. The number of hydrogen-bond acceptors (Lipinski definition) is 1. The molecule has 1 heteroatoms. The van der Waals surface area contributed by atoms with Crippen molar-refractivity contribution in [1.29, 1.82) is 0 Å². The summed E-state index contributed by atoms with van der Waals surface area (Å²) in [7, 11) is 0. The standard InChI is InChI=1S/C11H15O/c1-2-6-10(7-3-1)12-11-8-4-5-9-11/h1-2,6-7,11H,3-5,8-9H2. The van der Waals surface area contributed by atoms with Crippen molar-refractivity contribution in [2.45, 2.75) is 38.2 Å². The van der Waals surface area contributed by atoms with E-state index in [4.69, 9.17) is 4.74 Å². The molecule has 1 saturated carbocycles. The summed E-state index contributed by atoms with van der Waals surface area (Å²) in [6.45, 7) is 0. The van der Waals surface area contributed by atoms with Crippen molar-refractivity contribution >= 4 is 0 Å². The summed E-state index contributed by atoms with van der Waals surface area (Å²) in [5, 5.41) is 0. The predicted molar refractivity (Wildman–Crippen MR) is 49.5 cm³/mol. The van der Waals surface area contributed by atoms with Gasteiger partial charge in [0, 0.05) is 6.42 Å². The number of ether oxygens (including phenoxy) is 1. The van der Waals surface area contributed by atoms with Crippen molar-refractivity contribution in [3.63, 3.8) is 0 Å². The molecule has 1 nitrogen and oxygen atoms in total. The van der Waals surface area contributed by atoms with Gasteiger partial charge in [-0.05, 0) is 38.2 Å². The first kappa shape index (κ1) is 7.90. The zero-order chi connectivity index (χ0) is 8.23. The van der Waals surface area contributed by atoms with Crippen molar-refractivity contribution in [3.8, 4) is 0 Å². The molecular weight excluding hydrogens is 148 g/mol. The summed E-state index contributed by atoms with van der Waals surface area (Å²) >= 11 is 0. The molecule has 0 aromatic rings. The fraction of sp³-hybridized carbons (Fsp3) is 0.545. The van der Waals surface area contributed by atoms with Gasteiger partial charge in [-0.2, -0.15) is 0 Å². The Morgan fingerprint density at radius 2 is 2.08 bits per heavy atom. The monoisotopic (exact) mass is 163 g/mol. The molecule has 0 unspecified atom stereocenters. The van der Waals surface area contributed by atoms with Gasteiger partial charge in [-0.15, -0.1) is 0 Å². The Balaban J connectivity index is 1.84. The average molecular weight is 163 g/mol. The molecule has 0 aliphatic heterocycles. The molecule has 0 aromatic carbocycles. The first-order valence-electron chi connectivity index (χ1n) is 4.82. The molecule has 0 atom stereocenters. The first-order valence-corrected chi connectivity index (χ1v) is 4.82. The highest BCUT2D eigenvalue weighted by molar-refractivity contribution is 5.21. The molecule has 2 aliphatic rings. The third-order valence-electron chi connectivity index (χ3n) is 2.46. The summed E-state index contributed by atoms with van der Waals surface area (Å²) in [5.41, 5.74) is 0. The molecule has 2 aliphatic carbocycles. The largest absolute Gasteiger partial charge is 0.494 e. The fourth-order valence-electron chi connectivity index (χ4n) is 1.78. The van der Waals surface area contributed by atoms with E-state index in [0.29, 0.717) is 6.10 Å². The van der Waals surface area contributed by atoms with Gasteiger partial charge in [0.2, 0.25) is 0 Å². The molecule has 0 spiro atoms. The van der Waals surface area contributed by atoms with Crippen LogP contribution in [-0.2, 0) is 4.74 Å². The van der Waals surface area contributed by atoms with Gasteiger partial charge in [0.1, 0.15) is 5.76 Å². The lowest BCUT2D eigenvalue weighted by atomic mass is 10.1. The maximum atomic E-state index is 5.81. The van der Waals surface area contributed by atoms with E-state index in [-0.39, 0.29) is 0 Å². The Bertz CT molecular complexity index is 197. The fourth-order valence-corrected chi connectivity index (χ4v) is 1.78. The van der Waals surface area contributed by atoms with Crippen LogP contribution in [0.5, 0.6) is 0 Å². The number of allylic oxidation sites excluding steroid dienone is 4. The summed E-state index contributed by atoms with van der Waals surface area (Å²) in [4.78, 5) is 0. The smallest absolute Gasteiger partial charge is 0.100 e. The van der Waals surface area contributed by atoms with Crippen LogP contribution >= 0.6 is 0 Å². The number of hydrogen-bond donors (Lipinski definition) is 0. The Morgan fingerprint density at radius 1 is 1.25 bits per heavy atom. The molecule has 1 radical (unpaired) electrons. The molecule has 2 rings (SSSR count). The van der Waals surface area contributed by atoms with E-state index in [2.05, 4.69) is 24.6 Å². The lowest BCUT2D eigenvalue weighted by Crippen LogP contribution is -2.08. The molecule has 0 saturated heterocycles. The molecule has 12 heavy (non-hydrogen) atoms. The van der Waals surface area contributed by atoms with E-state index < -0.39 is 0 Å². The van der Waals surface area contributed by atoms with Gasteiger partial charge in [0.25, 0.3) is 0 Å². The highest BCUT2D eigenvalue weighted by Crippen LogP contribution is 2.25. The SMILES string of the molecule is [CH]1CC=CC=C1OC1CCCC1. The maximum Gasteiger partial charge on any atom is 0.100 e. The van der Waals surface area contributed by atoms with Gasteiger partial charge < -0.3 is 4.74 Å². The third kappa shape index (κ3) is 1.90. The van der Waals surface area contributed by atoms with E-state index in [1.807, 2.05) is 0 Å². The van der Waals surface area contributed by atoms with Gasteiger partial charge in [-0.25, -0.2) is 0 Å². The Labute approximate surface area is 74.1 Å². The van der Waals surface area contributed by atoms with Crippen LogP contribution in [0.25, 0.3) is 0 Å².